The number of ether oxygens (including phenoxy) is 2. The number of hydrogen-bond acceptors (Lipinski definition) is 6. The molecule has 0 saturated carbocycles. The Morgan fingerprint density at radius 3 is 2.24 bits per heavy atom. The van der Waals surface area contributed by atoms with Gasteiger partial charge < -0.3 is 9.47 Å². The molecule has 110 valence electrons. The fourth-order valence-corrected chi connectivity index (χ4v) is 1.45. The van der Waals surface area contributed by atoms with Crippen molar-refractivity contribution in [3.05, 3.63) is 58.2 Å². The van der Waals surface area contributed by atoms with Crippen molar-refractivity contribution in [2.45, 2.75) is 0 Å². The molecular formula is C14H13NO6. The Hall–Kier alpha value is -2.96. The van der Waals surface area contributed by atoms with Gasteiger partial charge in [-0.2, -0.15) is 0 Å². The van der Waals surface area contributed by atoms with Crippen LogP contribution in [-0.2, 0) is 19.1 Å². The van der Waals surface area contributed by atoms with E-state index in [1.165, 1.54) is 50.6 Å². The van der Waals surface area contributed by atoms with E-state index in [1.54, 1.807) is 0 Å². The van der Waals surface area contributed by atoms with E-state index >= 15 is 0 Å². The van der Waals surface area contributed by atoms with Crippen molar-refractivity contribution >= 4 is 23.2 Å². The summed E-state index contributed by atoms with van der Waals surface area (Å²) in [7, 11) is 2.44. The third-order valence-corrected chi connectivity index (χ3v) is 2.49. The maximum atomic E-state index is 11.7. The van der Waals surface area contributed by atoms with E-state index in [1.807, 2.05) is 0 Å². The van der Waals surface area contributed by atoms with Gasteiger partial charge in [-0.1, -0.05) is 6.08 Å². The van der Waals surface area contributed by atoms with Gasteiger partial charge in [0.15, 0.2) is 0 Å². The smallest absolute Gasteiger partial charge is 0.338 e. The van der Waals surface area contributed by atoms with Crippen LogP contribution < -0.4 is 0 Å². The highest BCUT2D eigenvalue weighted by Gasteiger charge is 2.13. The number of nitro benzene ring substituents is 1. The number of carbonyl (C=O) groups excluding carboxylic acids is 2. The predicted octanol–water partition coefficient (Wildman–Crippen LogP) is 1.88. The lowest BCUT2D eigenvalue weighted by Gasteiger charge is -2.04. The number of rotatable bonds is 5. The fraction of sp³-hybridized carbons (Fsp3) is 0.143. The van der Waals surface area contributed by atoms with E-state index in [0.717, 1.165) is 6.08 Å². The summed E-state index contributed by atoms with van der Waals surface area (Å²) in [5, 5.41) is 10.6. The Balaban J connectivity index is 3.10. The molecule has 0 amide bonds. The van der Waals surface area contributed by atoms with Crippen molar-refractivity contribution < 1.29 is 24.0 Å². The molecular weight excluding hydrogens is 278 g/mol. The first kappa shape index (κ1) is 16.1. The first-order valence-corrected chi connectivity index (χ1v) is 5.79. The lowest BCUT2D eigenvalue weighted by atomic mass is 10.1. The van der Waals surface area contributed by atoms with Gasteiger partial charge >= 0.3 is 11.9 Å². The first-order valence-electron chi connectivity index (χ1n) is 5.79. The van der Waals surface area contributed by atoms with Gasteiger partial charge in [-0.25, -0.2) is 9.59 Å². The SMILES string of the molecule is COC(=O)/C=C\C=C(/C(=O)OC)c1ccc([N+](=O)[O-])cc1. The minimum Gasteiger partial charge on any atom is -0.466 e. The molecule has 0 N–H and O–H groups in total. The van der Waals surface area contributed by atoms with E-state index in [2.05, 4.69) is 9.47 Å². The minimum absolute atomic E-state index is 0.0898. The molecule has 0 bridgehead atoms. The van der Waals surface area contributed by atoms with Crippen molar-refractivity contribution in [3.8, 4) is 0 Å². The molecule has 1 rings (SSSR count). The van der Waals surface area contributed by atoms with Crippen molar-refractivity contribution in [1.29, 1.82) is 0 Å². The zero-order chi connectivity index (χ0) is 15.8. The topological polar surface area (TPSA) is 95.7 Å². The molecule has 21 heavy (non-hydrogen) atoms. The van der Waals surface area contributed by atoms with Crippen LogP contribution in [0, 0.1) is 10.1 Å². The summed E-state index contributed by atoms with van der Waals surface area (Å²) in [4.78, 5) is 32.7. The number of methoxy groups -OCH3 is 2. The van der Waals surface area contributed by atoms with Gasteiger partial charge in [-0.3, -0.25) is 10.1 Å². The third kappa shape index (κ3) is 4.57. The lowest BCUT2D eigenvalue weighted by molar-refractivity contribution is -0.384. The zero-order valence-electron chi connectivity index (χ0n) is 11.4. The van der Waals surface area contributed by atoms with Gasteiger partial charge in [0.2, 0.25) is 0 Å². The van der Waals surface area contributed by atoms with E-state index in [9.17, 15) is 19.7 Å². The van der Waals surface area contributed by atoms with Crippen LogP contribution in [0.3, 0.4) is 0 Å². The van der Waals surface area contributed by atoms with Crippen molar-refractivity contribution in [3.63, 3.8) is 0 Å². The van der Waals surface area contributed by atoms with Crippen molar-refractivity contribution in [1.82, 2.24) is 0 Å². The summed E-state index contributed by atoms with van der Waals surface area (Å²) in [6.07, 6.45) is 3.83. The fourth-order valence-electron chi connectivity index (χ4n) is 1.45. The standard InChI is InChI=1S/C14H13NO6/c1-20-13(16)5-3-4-12(14(17)21-2)10-6-8-11(9-7-10)15(18)19/h3-9H,1-2H3/b5-3-,12-4-. The third-order valence-electron chi connectivity index (χ3n) is 2.49. The molecule has 7 nitrogen and oxygen atoms in total. The van der Waals surface area contributed by atoms with E-state index < -0.39 is 16.9 Å². The summed E-state index contributed by atoms with van der Waals surface area (Å²) >= 11 is 0. The van der Waals surface area contributed by atoms with E-state index in [0.29, 0.717) is 5.56 Å². The molecule has 0 aliphatic rings. The Bertz CT molecular complexity index is 600. The molecule has 0 unspecified atom stereocenters. The predicted molar refractivity (Wildman–Crippen MR) is 74.2 cm³/mol. The maximum absolute atomic E-state index is 11.7. The molecule has 0 aromatic heterocycles. The van der Waals surface area contributed by atoms with Crippen LogP contribution in [0.1, 0.15) is 5.56 Å². The molecule has 0 heterocycles. The Morgan fingerprint density at radius 2 is 1.76 bits per heavy atom. The average molecular weight is 291 g/mol. The second-order valence-corrected chi connectivity index (χ2v) is 3.76. The zero-order valence-corrected chi connectivity index (χ0v) is 11.4. The van der Waals surface area contributed by atoms with Crippen LogP contribution in [0.2, 0.25) is 0 Å². The molecule has 0 spiro atoms. The molecule has 0 radical (unpaired) electrons. The molecule has 0 saturated heterocycles. The summed E-state index contributed by atoms with van der Waals surface area (Å²) in [6, 6.07) is 5.39. The largest absolute Gasteiger partial charge is 0.466 e. The van der Waals surface area contributed by atoms with Crippen LogP contribution in [0.4, 0.5) is 5.69 Å². The van der Waals surface area contributed by atoms with Crippen LogP contribution in [-0.4, -0.2) is 31.1 Å². The Kier molecular flexibility index (Phi) is 5.81. The molecule has 0 fully saturated rings. The van der Waals surface area contributed by atoms with Gasteiger partial charge in [-0.05, 0) is 23.8 Å². The van der Waals surface area contributed by atoms with Gasteiger partial charge in [0.05, 0.1) is 24.7 Å². The van der Waals surface area contributed by atoms with Crippen molar-refractivity contribution in [2.24, 2.45) is 0 Å². The number of nitrogens with zero attached hydrogens (tertiary/aromatic N) is 1. The average Bonchev–Trinajstić information content (AvgIpc) is 2.50. The first-order chi connectivity index (χ1) is 9.99. The van der Waals surface area contributed by atoms with Crippen LogP contribution in [0.15, 0.2) is 42.5 Å². The van der Waals surface area contributed by atoms with Crippen molar-refractivity contribution in [2.75, 3.05) is 14.2 Å². The second-order valence-electron chi connectivity index (χ2n) is 3.76. The summed E-state index contributed by atoms with van der Waals surface area (Å²) in [5.74, 6) is -1.20. The summed E-state index contributed by atoms with van der Waals surface area (Å²) in [6.45, 7) is 0. The number of allylic oxidation sites excluding steroid dienone is 2. The minimum atomic E-state index is -0.627. The number of benzene rings is 1. The van der Waals surface area contributed by atoms with E-state index in [4.69, 9.17) is 0 Å². The van der Waals surface area contributed by atoms with Gasteiger partial charge in [0.1, 0.15) is 0 Å². The molecule has 1 aromatic rings. The highest BCUT2D eigenvalue weighted by Crippen LogP contribution is 2.20. The van der Waals surface area contributed by atoms with Gasteiger partial charge in [-0.15, -0.1) is 0 Å². The monoisotopic (exact) mass is 291 g/mol. The molecule has 0 aliphatic heterocycles. The molecule has 0 aliphatic carbocycles. The molecule has 0 atom stereocenters. The van der Waals surface area contributed by atoms with Crippen LogP contribution in [0.5, 0.6) is 0 Å². The summed E-state index contributed by atoms with van der Waals surface area (Å²) in [5.41, 5.74) is 0.502. The second kappa shape index (κ2) is 7.59. The number of carbonyl (C=O) groups is 2. The molecule has 7 heteroatoms. The number of non-ortho nitro benzene ring substituents is 1. The Labute approximate surface area is 120 Å². The quantitative estimate of drug-likeness (QED) is 0.270. The maximum Gasteiger partial charge on any atom is 0.338 e. The highest BCUT2D eigenvalue weighted by molar-refractivity contribution is 6.16. The number of nitro groups is 1. The van der Waals surface area contributed by atoms with Gasteiger partial charge in [0.25, 0.3) is 5.69 Å². The van der Waals surface area contributed by atoms with Crippen LogP contribution >= 0.6 is 0 Å². The normalized spacial score (nSPS) is 11.2. The van der Waals surface area contributed by atoms with E-state index in [-0.39, 0.29) is 11.3 Å². The summed E-state index contributed by atoms with van der Waals surface area (Å²) < 4.78 is 9.06. The molecule has 1 aromatic carbocycles. The van der Waals surface area contributed by atoms with Gasteiger partial charge in [0, 0.05) is 18.2 Å². The number of hydrogen-bond donors (Lipinski definition) is 0. The van der Waals surface area contributed by atoms with Crippen LogP contribution in [0.25, 0.3) is 5.57 Å². The highest BCUT2D eigenvalue weighted by atomic mass is 16.6. The number of esters is 2. The Morgan fingerprint density at radius 1 is 1.14 bits per heavy atom. The lowest BCUT2D eigenvalue weighted by Crippen LogP contribution is -2.04.